The van der Waals surface area contributed by atoms with Crippen molar-refractivity contribution < 1.29 is 22.4 Å². The highest BCUT2D eigenvalue weighted by Crippen LogP contribution is 2.26. The maximum atomic E-state index is 12.4. The van der Waals surface area contributed by atoms with Crippen molar-refractivity contribution in [3.8, 4) is 0 Å². The van der Waals surface area contributed by atoms with Gasteiger partial charge in [0.2, 0.25) is 0 Å². The molecule has 0 aliphatic rings. The Morgan fingerprint density at radius 3 is 2.59 bits per heavy atom. The average molecular weight is 407 g/mol. The van der Waals surface area contributed by atoms with E-state index in [1.54, 1.807) is 25.1 Å². The molecule has 0 saturated carbocycles. The van der Waals surface area contributed by atoms with E-state index in [-0.39, 0.29) is 17.1 Å². The number of fused-ring (bicyclic) bond motifs is 1. The third-order valence-electron chi connectivity index (χ3n) is 3.97. The van der Waals surface area contributed by atoms with E-state index < -0.39 is 21.4 Å². The minimum atomic E-state index is -3.60. The molecule has 0 fully saturated rings. The lowest BCUT2D eigenvalue weighted by Crippen LogP contribution is -2.12. The minimum Gasteiger partial charge on any atom is -0.457 e. The van der Waals surface area contributed by atoms with Crippen LogP contribution in [0.5, 0.6) is 0 Å². The summed E-state index contributed by atoms with van der Waals surface area (Å²) in [4.78, 5) is 24.1. The van der Waals surface area contributed by atoms with Gasteiger partial charge in [0, 0.05) is 28.3 Å². The Bertz CT molecular complexity index is 1210. The first-order valence-corrected chi connectivity index (χ1v) is 10.1. The van der Waals surface area contributed by atoms with Crippen LogP contribution in [0.15, 0.2) is 56.6 Å². The molecule has 2 aromatic carbocycles. The van der Waals surface area contributed by atoms with Gasteiger partial charge in [0.25, 0.3) is 0 Å². The van der Waals surface area contributed by atoms with E-state index in [4.69, 9.17) is 20.8 Å². The van der Waals surface area contributed by atoms with Crippen molar-refractivity contribution in [3.63, 3.8) is 0 Å². The van der Waals surface area contributed by atoms with E-state index in [0.717, 1.165) is 11.8 Å². The van der Waals surface area contributed by atoms with Crippen molar-refractivity contribution in [2.75, 3.05) is 6.26 Å². The molecule has 1 heterocycles. The second kappa shape index (κ2) is 7.17. The van der Waals surface area contributed by atoms with Crippen LogP contribution < -0.4 is 5.63 Å². The zero-order chi connectivity index (χ0) is 19.8. The number of rotatable bonds is 4. The molecule has 0 radical (unpaired) electrons. The first kappa shape index (κ1) is 19.1. The molecule has 0 aliphatic heterocycles. The van der Waals surface area contributed by atoms with Gasteiger partial charge in [-0.05, 0) is 36.8 Å². The normalized spacial score (nSPS) is 11.5. The second-order valence-electron chi connectivity index (χ2n) is 6.03. The first-order valence-electron chi connectivity index (χ1n) is 7.86. The number of aryl methyl sites for hydroxylation is 1. The van der Waals surface area contributed by atoms with Crippen molar-refractivity contribution in [1.29, 1.82) is 0 Å². The van der Waals surface area contributed by atoms with E-state index >= 15 is 0 Å². The lowest BCUT2D eigenvalue weighted by atomic mass is 10.1. The van der Waals surface area contributed by atoms with Crippen LogP contribution in [0.3, 0.4) is 0 Å². The summed E-state index contributed by atoms with van der Waals surface area (Å²) in [5.74, 6) is -0.810. The number of ether oxygens (including phenoxy) is 1. The van der Waals surface area contributed by atoms with Crippen molar-refractivity contribution in [3.05, 3.63) is 74.6 Å². The van der Waals surface area contributed by atoms with Gasteiger partial charge in [0.1, 0.15) is 12.2 Å². The van der Waals surface area contributed by atoms with Crippen LogP contribution >= 0.6 is 11.6 Å². The number of benzene rings is 2. The van der Waals surface area contributed by atoms with E-state index in [0.29, 0.717) is 21.6 Å². The van der Waals surface area contributed by atoms with Gasteiger partial charge in [-0.1, -0.05) is 23.7 Å². The molecule has 140 valence electrons. The molecular formula is C19H15ClO6S. The highest BCUT2D eigenvalue weighted by Gasteiger charge is 2.20. The SMILES string of the molecule is Cc1cc2oc(=O)cc(COC(=O)c3ccccc3S(C)(=O)=O)c2cc1Cl. The summed E-state index contributed by atoms with van der Waals surface area (Å²) in [6, 6.07) is 10.2. The summed E-state index contributed by atoms with van der Waals surface area (Å²) in [7, 11) is -3.60. The van der Waals surface area contributed by atoms with Gasteiger partial charge in [-0.2, -0.15) is 0 Å². The molecule has 0 unspecified atom stereocenters. The predicted molar refractivity (Wildman–Crippen MR) is 101 cm³/mol. The van der Waals surface area contributed by atoms with Crippen molar-refractivity contribution in [2.24, 2.45) is 0 Å². The summed E-state index contributed by atoms with van der Waals surface area (Å²) in [5.41, 5.74) is 0.816. The third-order valence-corrected chi connectivity index (χ3v) is 5.54. The fraction of sp³-hybridized carbons (Fsp3) is 0.158. The Hall–Kier alpha value is -2.64. The number of carbonyl (C=O) groups is 1. The van der Waals surface area contributed by atoms with Gasteiger partial charge >= 0.3 is 11.6 Å². The molecule has 27 heavy (non-hydrogen) atoms. The lowest BCUT2D eigenvalue weighted by Gasteiger charge is -2.10. The van der Waals surface area contributed by atoms with Gasteiger partial charge in [-0.25, -0.2) is 18.0 Å². The van der Waals surface area contributed by atoms with E-state index in [9.17, 15) is 18.0 Å². The van der Waals surface area contributed by atoms with E-state index in [2.05, 4.69) is 0 Å². The summed E-state index contributed by atoms with van der Waals surface area (Å²) in [5, 5.41) is 1.01. The molecule has 0 saturated heterocycles. The Morgan fingerprint density at radius 2 is 1.89 bits per heavy atom. The Balaban J connectivity index is 1.95. The van der Waals surface area contributed by atoms with Gasteiger partial charge in [-0.3, -0.25) is 0 Å². The number of halogens is 1. The van der Waals surface area contributed by atoms with Crippen LogP contribution in [0, 0.1) is 6.92 Å². The molecule has 0 bridgehead atoms. The fourth-order valence-corrected chi connectivity index (χ4v) is 3.69. The zero-order valence-corrected chi connectivity index (χ0v) is 16.1. The zero-order valence-electron chi connectivity index (χ0n) is 14.5. The van der Waals surface area contributed by atoms with Gasteiger partial charge in [0.05, 0.1) is 10.5 Å². The van der Waals surface area contributed by atoms with Crippen molar-refractivity contribution >= 4 is 38.4 Å². The highest BCUT2D eigenvalue weighted by atomic mass is 35.5. The molecule has 8 heteroatoms. The van der Waals surface area contributed by atoms with E-state index in [1.165, 1.54) is 24.3 Å². The molecule has 0 spiro atoms. The molecule has 3 rings (SSSR count). The molecule has 6 nitrogen and oxygen atoms in total. The van der Waals surface area contributed by atoms with Crippen LogP contribution in [0.4, 0.5) is 0 Å². The summed E-state index contributed by atoms with van der Waals surface area (Å²) >= 11 is 6.13. The molecule has 1 aromatic heterocycles. The smallest absolute Gasteiger partial charge is 0.339 e. The van der Waals surface area contributed by atoms with Gasteiger partial charge in [0.15, 0.2) is 9.84 Å². The van der Waals surface area contributed by atoms with Crippen LogP contribution in [0.25, 0.3) is 11.0 Å². The largest absolute Gasteiger partial charge is 0.457 e. The quantitative estimate of drug-likeness (QED) is 0.486. The summed E-state index contributed by atoms with van der Waals surface area (Å²) < 4.78 is 34.1. The first-order chi connectivity index (χ1) is 12.7. The molecule has 0 atom stereocenters. The maximum Gasteiger partial charge on any atom is 0.339 e. The monoisotopic (exact) mass is 406 g/mol. The Kier molecular flexibility index (Phi) is 5.08. The Labute approximate surface area is 160 Å². The van der Waals surface area contributed by atoms with Crippen molar-refractivity contribution in [1.82, 2.24) is 0 Å². The molecule has 0 aliphatic carbocycles. The number of hydrogen-bond donors (Lipinski definition) is 0. The lowest BCUT2D eigenvalue weighted by molar-refractivity contribution is 0.0469. The summed E-state index contributed by atoms with van der Waals surface area (Å²) in [6.45, 7) is 1.54. The maximum absolute atomic E-state index is 12.4. The fourth-order valence-electron chi connectivity index (χ4n) is 2.65. The molecule has 0 amide bonds. The molecular weight excluding hydrogens is 392 g/mol. The number of esters is 1. The molecule has 0 N–H and O–H groups in total. The number of hydrogen-bond acceptors (Lipinski definition) is 6. The Morgan fingerprint density at radius 1 is 1.19 bits per heavy atom. The summed E-state index contributed by atoms with van der Waals surface area (Å²) in [6.07, 6.45) is 1.01. The predicted octanol–water partition coefficient (Wildman–Crippen LogP) is 3.52. The van der Waals surface area contributed by atoms with Crippen LogP contribution in [-0.4, -0.2) is 20.6 Å². The molecule has 3 aromatic rings. The van der Waals surface area contributed by atoms with Crippen LogP contribution in [-0.2, 0) is 21.2 Å². The third kappa shape index (κ3) is 4.04. The van der Waals surface area contributed by atoms with Crippen LogP contribution in [0.2, 0.25) is 5.02 Å². The van der Waals surface area contributed by atoms with Crippen molar-refractivity contribution in [2.45, 2.75) is 18.4 Å². The minimum absolute atomic E-state index is 0.0684. The van der Waals surface area contributed by atoms with Gasteiger partial charge < -0.3 is 9.15 Å². The van der Waals surface area contributed by atoms with Gasteiger partial charge in [-0.15, -0.1) is 0 Å². The van der Waals surface area contributed by atoms with E-state index in [1.807, 2.05) is 0 Å². The van der Waals surface area contributed by atoms with Crippen LogP contribution in [0.1, 0.15) is 21.5 Å². The topological polar surface area (TPSA) is 90.7 Å². The number of sulfone groups is 1. The average Bonchev–Trinajstić information content (AvgIpc) is 2.60. The standard InChI is InChI=1S/C19H15ClO6S/c1-11-7-16-14(9-15(11)20)12(8-18(21)26-16)10-25-19(22)13-5-3-4-6-17(13)27(2,23)24/h3-9H,10H2,1-2H3. The highest BCUT2D eigenvalue weighted by molar-refractivity contribution is 7.90. The second-order valence-corrected chi connectivity index (χ2v) is 8.42. The number of carbonyl (C=O) groups excluding carboxylic acids is 1.